The average Bonchev–Trinajstić information content (AvgIpc) is 2.84. The van der Waals surface area contributed by atoms with Crippen molar-refractivity contribution in [3.05, 3.63) is 58.3 Å². The van der Waals surface area contributed by atoms with E-state index in [1.165, 1.54) is 0 Å². The molecule has 2 N–H and O–H groups in total. The number of hydrogen-bond acceptors (Lipinski definition) is 2. The normalized spacial score (nSPS) is 11.1. The van der Waals surface area contributed by atoms with Crippen molar-refractivity contribution in [1.82, 2.24) is 9.38 Å². The van der Waals surface area contributed by atoms with Gasteiger partial charge in [-0.05, 0) is 23.8 Å². The molecular weight excluding hydrogens is 281 g/mol. The lowest BCUT2D eigenvalue weighted by Crippen LogP contribution is -1.97. The minimum Gasteiger partial charge on any atom is -0.326 e. The van der Waals surface area contributed by atoms with Crippen LogP contribution in [0.4, 0.5) is 0 Å². The Morgan fingerprint density at radius 1 is 1.05 bits per heavy atom. The lowest BCUT2D eigenvalue weighted by atomic mass is 10.2. The fourth-order valence-electron chi connectivity index (χ4n) is 1.95. The molecule has 2 aromatic heterocycles. The summed E-state index contributed by atoms with van der Waals surface area (Å²) < 4.78 is 1.96. The number of fused-ring (bicyclic) bond motifs is 1. The van der Waals surface area contributed by atoms with E-state index in [-0.39, 0.29) is 0 Å². The molecule has 5 heteroatoms. The molecule has 0 spiro atoms. The quantitative estimate of drug-likeness (QED) is 0.781. The van der Waals surface area contributed by atoms with Crippen LogP contribution in [0.3, 0.4) is 0 Å². The van der Waals surface area contributed by atoms with Gasteiger partial charge in [0.1, 0.15) is 5.65 Å². The highest BCUT2D eigenvalue weighted by atomic mass is 35.5. The van der Waals surface area contributed by atoms with Crippen molar-refractivity contribution in [3.63, 3.8) is 0 Å². The molecule has 0 bridgehead atoms. The number of pyridine rings is 1. The molecule has 0 aliphatic carbocycles. The Bertz CT molecular complexity index is 750. The van der Waals surface area contributed by atoms with Crippen molar-refractivity contribution in [2.45, 2.75) is 6.54 Å². The first-order valence-electron chi connectivity index (χ1n) is 5.80. The first kappa shape index (κ1) is 12.5. The summed E-state index contributed by atoms with van der Waals surface area (Å²) in [4.78, 5) is 4.55. The van der Waals surface area contributed by atoms with E-state index in [1.807, 2.05) is 41.1 Å². The molecule has 0 amide bonds. The largest absolute Gasteiger partial charge is 0.326 e. The fraction of sp³-hybridized carbons (Fsp3) is 0.0714. The molecule has 0 fully saturated rings. The molecule has 0 radical (unpaired) electrons. The van der Waals surface area contributed by atoms with Crippen LogP contribution in [0, 0.1) is 0 Å². The molecule has 2 heterocycles. The zero-order chi connectivity index (χ0) is 13.4. The predicted molar refractivity (Wildman–Crippen MR) is 78.5 cm³/mol. The van der Waals surface area contributed by atoms with Crippen LogP contribution in [0.1, 0.15) is 5.56 Å². The Morgan fingerprint density at radius 3 is 2.63 bits per heavy atom. The van der Waals surface area contributed by atoms with Gasteiger partial charge in [0.15, 0.2) is 0 Å². The molecule has 3 rings (SSSR count). The summed E-state index contributed by atoms with van der Waals surface area (Å²) in [5.74, 6) is 0. The summed E-state index contributed by atoms with van der Waals surface area (Å²) in [6.07, 6.45) is 3.93. The van der Waals surface area contributed by atoms with E-state index in [2.05, 4.69) is 4.98 Å². The number of imidazole rings is 1. The summed E-state index contributed by atoms with van der Waals surface area (Å²) in [5.41, 5.74) is 9.36. The van der Waals surface area contributed by atoms with Gasteiger partial charge in [-0.25, -0.2) is 4.98 Å². The number of rotatable bonds is 2. The van der Waals surface area contributed by atoms with Gasteiger partial charge in [-0.2, -0.15) is 0 Å². The van der Waals surface area contributed by atoms with E-state index < -0.39 is 0 Å². The van der Waals surface area contributed by atoms with E-state index in [0.29, 0.717) is 16.6 Å². The maximum absolute atomic E-state index is 6.03. The zero-order valence-corrected chi connectivity index (χ0v) is 11.5. The molecular formula is C14H11Cl2N3. The standard InChI is InChI=1S/C14H11Cl2N3/c15-11-3-2-10(5-12(11)16)13-8-19-7-9(6-17)1-4-14(19)18-13/h1-5,7-8H,6,17H2. The molecule has 1 aromatic carbocycles. The second-order valence-electron chi connectivity index (χ2n) is 4.26. The lowest BCUT2D eigenvalue weighted by molar-refractivity contribution is 1.03. The zero-order valence-electron chi connectivity index (χ0n) is 9.98. The Kier molecular flexibility index (Phi) is 3.19. The van der Waals surface area contributed by atoms with Gasteiger partial charge < -0.3 is 10.1 Å². The first-order chi connectivity index (χ1) is 9.17. The molecule has 0 unspecified atom stereocenters. The Hall–Kier alpha value is -1.55. The highest BCUT2D eigenvalue weighted by Gasteiger charge is 2.07. The first-order valence-corrected chi connectivity index (χ1v) is 6.56. The highest BCUT2D eigenvalue weighted by molar-refractivity contribution is 6.42. The van der Waals surface area contributed by atoms with Crippen LogP contribution in [0.15, 0.2) is 42.7 Å². The summed E-state index contributed by atoms with van der Waals surface area (Å²) in [6.45, 7) is 0.510. The maximum Gasteiger partial charge on any atom is 0.137 e. The number of aromatic nitrogens is 2. The lowest BCUT2D eigenvalue weighted by Gasteiger charge is -1.98. The second kappa shape index (κ2) is 4.85. The highest BCUT2D eigenvalue weighted by Crippen LogP contribution is 2.28. The molecule has 0 aliphatic rings. The van der Waals surface area contributed by atoms with Crippen LogP contribution >= 0.6 is 23.2 Å². The van der Waals surface area contributed by atoms with Crippen molar-refractivity contribution in [2.75, 3.05) is 0 Å². The smallest absolute Gasteiger partial charge is 0.137 e. The van der Waals surface area contributed by atoms with Crippen molar-refractivity contribution < 1.29 is 0 Å². The molecule has 0 aliphatic heterocycles. The van der Waals surface area contributed by atoms with Gasteiger partial charge in [0.05, 0.1) is 15.7 Å². The number of nitrogens with two attached hydrogens (primary N) is 1. The third kappa shape index (κ3) is 2.32. The van der Waals surface area contributed by atoms with Crippen LogP contribution in [-0.4, -0.2) is 9.38 Å². The van der Waals surface area contributed by atoms with E-state index >= 15 is 0 Å². The van der Waals surface area contributed by atoms with E-state index in [0.717, 1.165) is 22.5 Å². The monoisotopic (exact) mass is 291 g/mol. The van der Waals surface area contributed by atoms with Gasteiger partial charge in [0.2, 0.25) is 0 Å². The maximum atomic E-state index is 6.03. The molecule has 3 nitrogen and oxygen atoms in total. The third-order valence-corrected chi connectivity index (χ3v) is 3.70. The van der Waals surface area contributed by atoms with Crippen LogP contribution in [0.5, 0.6) is 0 Å². The van der Waals surface area contributed by atoms with Gasteiger partial charge >= 0.3 is 0 Å². The summed E-state index contributed by atoms with van der Waals surface area (Å²) in [7, 11) is 0. The van der Waals surface area contributed by atoms with Crippen molar-refractivity contribution in [2.24, 2.45) is 5.73 Å². The minimum absolute atomic E-state index is 0.510. The van der Waals surface area contributed by atoms with Crippen molar-refractivity contribution in [1.29, 1.82) is 0 Å². The Morgan fingerprint density at radius 2 is 1.89 bits per heavy atom. The molecule has 3 aromatic rings. The average molecular weight is 292 g/mol. The molecule has 0 atom stereocenters. The summed E-state index contributed by atoms with van der Waals surface area (Å²) >= 11 is 11.9. The van der Waals surface area contributed by atoms with Gasteiger partial charge in [0, 0.05) is 24.5 Å². The molecule has 0 saturated carbocycles. The number of halogens is 2. The summed E-state index contributed by atoms with van der Waals surface area (Å²) in [5, 5.41) is 1.07. The van der Waals surface area contributed by atoms with Crippen LogP contribution in [0.25, 0.3) is 16.9 Å². The molecule has 96 valence electrons. The topological polar surface area (TPSA) is 43.3 Å². The number of nitrogens with zero attached hydrogens (tertiary/aromatic N) is 2. The van der Waals surface area contributed by atoms with Crippen LogP contribution in [0.2, 0.25) is 10.0 Å². The van der Waals surface area contributed by atoms with E-state index in [1.54, 1.807) is 6.07 Å². The van der Waals surface area contributed by atoms with Gasteiger partial charge in [-0.15, -0.1) is 0 Å². The Balaban J connectivity index is 2.11. The Labute approximate surface area is 120 Å². The van der Waals surface area contributed by atoms with Gasteiger partial charge in [-0.1, -0.05) is 35.3 Å². The fourth-order valence-corrected chi connectivity index (χ4v) is 2.25. The number of hydrogen-bond donors (Lipinski definition) is 1. The van der Waals surface area contributed by atoms with Crippen LogP contribution < -0.4 is 5.73 Å². The molecule has 19 heavy (non-hydrogen) atoms. The van der Waals surface area contributed by atoms with E-state index in [9.17, 15) is 0 Å². The van der Waals surface area contributed by atoms with Crippen molar-refractivity contribution in [3.8, 4) is 11.3 Å². The third-order valence-electron chi connectivity index (χ3n) is 2.96. The SMILES string of the molecule is NCc1ccc2nc(-c3ccc(Cl)c(Cl)c3)cn2c1. The summed E-state index contributed by atoms with van der Waals surface area (Å²) in [6, 6.07) is 9.41. The number of benzene rings is 1. The molecule has 0 saturated heterocycles. The van der Waals surface area contributed by atoms with E-state index in [4.69, 9.17) is 28.9 Å². The predicted octanol–water partition coefficient (Wildman–Crippen LogP) is 3.77. The van der Waals surface area contributed by atoms with Crippen molar-refractivity contribution >= 4 is 28.8 Å². The van der Waals surface area contributed by atoms with Gasteiger partial charge in [-0.3, -0.25) is 0 Å². The van der Waals surface area contributed by atoms with Crippen LogP contribution in [-0.2, 0) is 6.54 Å². The second-order valence-corrected chi connectivity index (χ2v) is 5.08. The minimum atomic E-state index is 0.510. The van der Waals surface area contributed by atoms with Gasteiger partial charge in [0.25, 0.3) is 0 Å².